The third kappa shape index (κ3) is 6.95. The molecule has 8 aromatic rings. The topological polar surface area (TPSA) is 0 Å². The Kier molecular flexibility index (Phi) is 10.4. The molecule has 0 amide bonds. The van der Waals surface area contributed by atoms with Crippen molar-refractivity contribution in [3.05, 3.63) is 130 Å². The minimum atomic E-state index is 1.01. The molecular formula is C53H54S2. The second kappa shape index (κ2) is 15.7. The van der Waals surface area contributed by atoms with Crippen LogP contribution in [0.4, 0.5) is 0 Å². The fourth-order valence-corrected chi connectivity index (χ4v) is 11.4. The maximum Gasteiger partial charge on any atom is 0.0434 e. The first-order valence-electron chi connectivity index (χ1n) is 21.3. The second-order valence-electron chi connectivity index (χ2n) is 16.2. The molecule has 278 valence electrons. The van der Waals surface area contributed by atoms with Crippen LogP contribution in [0.3, 0.4) is 0 Å². The Morgan fingerprint density at radius 1 is 0.382 bits per heavy atom. The summed E-state index contributed by atoms with van der Waals surface area (Å²) in [5.41, 5.74) is 17.1. The molecule has 1 aliphatic rings. The minimum Gasteiger partial charge on any atom is -0.135 e. The summed E-state index contributed by atoms with van der Waals surface area (Å²) in [6, 6.07) is 39.3. The van der Waals surface area contributed by atoms with E-state index in [4.69, 9.17) is 0 Å². The summed E-state index contributed by atoms with van der Waals surface area (Å²) in [6.45, 7) is 9.20. The van der Waals surface area contributed by atoms with Crippen molar-refractivity contribution in [2.45, 2.75) is 111 Å². The van der Waals surface area contributed by atoms with Gasteiger partial charge in [-0.2, -0.15) is 0 Å². The highest BCUT2D eigenvalue weighted by atomic mass is 32.1. The van der Waals surface area contributed by atoms with Crippen LogP contribution in [0, 0.1) is 0 Å². The van der Waals surface area contributed by atoms with E-state index < -0.39 is 0 Å². The molecule has 0 N–H and O–H groups in total. The fraction of sp³-hybridized carbons (Fsp3) is 0.321. The maximum atomic E-state index is 2.53. The molecule has 0 nitrogen and oxygen atoms in total. The van der Waals surface area contributed by atoms with Gasteiger partial charge >= 0.3 is 0 Å². The van der Waals surface area contributed by atoms with Crippen LogP contribution < -0.4 is 0 Å². The van der Waals surface area contributed by atoms with Crippen molar-refractivity contribution in [2.75, 3.05) is 0 Å². The Morgan fingerprint density at radius 2 is 0.782 bits per heavy atom. The quantitative estimate of drug-likeness (QED) is 0.104. The molecule has 2 aromatic heterocycles. The first-order chi connectivity index (χ1) is 27.0. The highest BCUT2D eigenvalue weighted by Crippen LogP contribution is 2.47. The van der Waals surface area contributed by atoms with Gasteiger partial charge in [-0.05, 0) is 185 Å². The van der Waals surface area contributed by atoms with Crippen LogP contribution in [0.1, 0.15) is 112 Å². The normalized spacial score (nSPS) is 12.4. The number of unbranched alkanes of at least 4 members (excludes halogenated alkanes) is 4. The lowest BCUT2D eigenvalue weighted by molar-refractivity contribution is 0.795. The van der Waals surface area contributed by atoms with Crippen molar-refractivity contribution in [1.82, 2.24) is 0 Å². The molecule has 2 heterocycles. The summed E-state index contributed by atoms with van der Waals surface area (Å²) in [5.74, 6) is 0. The van der Waals surface area contributed by atoms with Gasteiger partial charge in [0.25, 0.3) is 0 Å². The Hall–Kier alpha value is -4.24. The molecule has 9 rings (SSSR count). The summed E-state index contributed by atoms with van der Waals surface area (Å²) >= 11 is 3.96. The van der Waals surface area contributed by atoms with E-state index in [1.165, 1.54) is 158 Å². The van der Waals surface area contributed by atoms with E-state index in [0.29, 0.717) is 0 Å². The average molecular weight is 755 g/mol. The van der Waals surface area contributed by atoms with Gasteiger partial charge in [0.05, 0.1) is 0 Å². The third-order valence-electron chi connectivity index (χ3n) is 12.2. The number of thiophene rings is 2. The zero-order chi connectivity index (χ0) is 37.5. The van der Waals surface area contributed by atoms with Crippen LogP contribution in [-0.2, 0) is 32.1 Å². The Bertz CT molecular complexity index is 2500. The number of fused-ring (bicyclic) bond motifs is 9. The monoisotopic (exact) mass is 754 g/mol. The van der Waals surface area contributed by atoms with Crippen molar-refractivity contribution >= 4 is 63.0 Å². The average Bonchev–Trinajstić information content (AvgIpc) is 3.90. The van der Waals surface area contributed by atoms with Gasteiger partial charge in [0, 0.05) is 40.3 Å². The number of hydrogen-bond acceptors (Lipinski definition) is 2. The van der Waals surface area contributed by atoms with E-state index >= 15 is 0 Å². The van der Waals surface area contributed by atoms with Gasteiger partial charge in [-0.15, -0.1) is 22.7 Å². The summed E-state index contributed by atoms with van der Waals surface area (Å²) in [7, 11) is 0. The summed E-state index contributed by atoms with van der Waals surface area (Å²) in [4.78, 5) is 0. The minimum absolute atomic E-state index is 1.01. The molecule has 0 unspecified atom stereocenters. The van der Waals surface area contributed by atoms with Crippen molar-refractivity contribution in [3.8, 4) is 33.4 Å². The predicted octanol–water partition coefficient (Wildman–Crippen LogP) is 16.7. The molecule has 0 fully saturated rings. The molecular weight excluding hydrogens is 701 g/mol. The van der Waals surface area contributed by atoms with E-state index in [1.807, 2.05) is 22.7 Å². The van der Waals surface area contributed by atoms with E-state index in [1.54, 1.807) is 0 Å². The molecule has 0 bridgehead atoms. The molecule has 0 saturated carbocycles. The van der Waals surface area contributed by atoms with Gasteiger partial charge in [0.15, 0.2) is 0 Å². The van der Waals surface area contributed by atoms with Gasteiger partial charge < -0.3 is 0 Å². The van der Waals surface area contributed by atoms with E-state index in [9.17, 15) is 0 Å². The highest BCUT2D eigenvalue weighted by Gasteiger charge is 2.23. The van der Waals surface area contributed by atoms with Crippen molar-refractivity contribution in [2.24, 2.45) is 0 Å². The molecule has 0 radical (unpaired) electrons. The van der Waals surface area contributed by atoms with E-state index in [2.05, 4.69) is 125 Å². The number of hydrogen-bond donors (Lipinski definition) is 0. The SMILES string of the molecule is CCCCc1ccc2sc3c(-c4ccc5c(c4)-c4cc(-c6cc(CCCC)cc7c6sc6ccc(CCCC)cc67)ccc4C5)cc(CCCC)cc3c2c1. The summed E-state index contributed by atoms with van der Waals surface area (Å²) in [5, 5.41) is 5.77. The predicted molar refractivity (Wildman–Crippen MR) is 246 cm³/mol. The van der Waals surface area contributed by atoms with Gasteiger partial charge in [-0.1, -0.05) is 89.8 Å². The lowest BCUT2D eigenvalue weighted by Gasteiger charge is -2.12. The highest BCUT2D eigenvalue weighted by molar-refractivity contribution is 7.26. The van der Waals surface area contributed by atoms with E-state index in [-0.39, 0.29) is 0 Å². The maximum absolute atomic E-state index is 2.53. The Morgan fingerprint density at radius 3 is 1.20 bits per heavy atom. The molecule has 0 saturated heterocycles. The first-order valence-corrected chi connectivity index (χ1v) is 22.9. The number of rotatable bonds is 14. The molecule has 6 aromatic carbocycles. The standard InChI is InChI=1S/C53H54S2/c1-5-9-13-34-17-23-50-46(25-34)48-29-36(15-11-7-3)27-44(52(48)54-50)40-21-19-38-31-39-20-22-41(33-43(39)42(38)32-40)45-28-37(16-12-8-4)30-49-47-26-35(14-10-6-2)18-24-51(47)55-53(45)49/h17-30,32-33H,5-16,31H2,1-4H3. The van der Waals surface area contributed by atoms with Crippen LogP contribution in [-0.4, -0.2) is 0 Å². The van der Waals surface area contributed by atoms with Crippen LogP contribution in [0.2, 0.25) is 0 Å². The largest absolute Gasteiger partial charge is 0.135 e. The zero-order valence-corrected chi connectivity index (χ0v) is 34.9. The van der Waals surface area contributed by atoms with Crippen molar-refractivity contribution < 1.29 is 0 Å². The lowest BCUT2D eigenvalue weighted by atomic mass is 9.92. The van der Waals surface area contributed by atoms with Gasteiger partial charge in [0.1, 0.15) is 0 Å². The van der Waals surface area contributed by atoms with Crippen molar-refractivity contribution in [1.29, 1.82) is 0 Å². The second-order valence-corrected chi connectivity index (χ2v) is 18.3. The molecule has 0 spiro atoms. The molecule has 0 atom stereocenters. The van der Waals surface area contributed by atoms with Gasteiger partial charge in [-0.3, -0.25) is 0 Å². The molecule has 2 heteroatoms. The van der Waals surface area contributed by atoms with Crippen LogP contribution in [0.5, 0.6) is 0 Å². The Labute approximate surface area is 336 Å². The third-order valence-corrected chi connectivity index (χ3v) is 14.6. The molecule has 55 heavy (non-hydrogen) atoms. The smallest absolute Gasteiger partial charge is 0.0434 e. The van der Waals surface area contributed by atoms with Gasteiger partial charge in [0.2, 0.25) is 0 Å². The summed E-state index contributed by atoms with van der Waals surface area (Å²) in [6.07, 6.45) is 15.4. The van der Waals surface area contributed by atoms with E-state index in [0.717, 1.165) is 32.1 Å². The lowest BCUT2D eigenvalue weighted by Crippen LogP contribution is -1.90. The van der Waals surface area contributed by atoms with Crippen LogP contribution in [0.25, 0.3) is 73.7 Å². The zero-order valence-electron chi connectivity index (χ0n) is 33.2. The number of benzene rings is 6. The fourth-order valence-electron chi connectivity index (χ4n) is 9.03. The Balaban J connectivity index is 1.16. The van der Waals surface area contributed by atoms with Gasteiger partial charge in [-0.25, -0.2) is 0 Å². The molecule has 1 aliphatic carbocycles. The summed E-state index contributed by atoms with van der Waals surface area (Å²) < 4.78 is 5.69. The molecule has 0 aliphatic heterocycles. The first kappa shape index (κ1) is 36.4. The van der Waals surface area contributed by atoms with Crippen molar-refractivity contribution in [3.63, 3.8) is 0 Å². The number of aryl methyl sites for hydroxylation is 4. The van der Waals surface area contributed by atoms with Crippen LogP contribution in [0.15, 0.2) is 97.1 Å². The van der Waals surface area contributed by atoms with Crippen LogP contribution >= 0.6 is 22.7 Å².